The number of thiophene rings is 1. The minimum Gasteiger partial charge on any atom is -0.382 e. The molecule has 3 N–H and O–H groups in total. The molecule has 0 saturated heterocycles. The zero-order chi connectivity index (χ0) is 15.1. The van der Waals surface area contributed by atoms with E-state index in [0.29, 0.717) is 15.9 Å². The summed E-state index contributed by atoms with van der Waals surface area (Å²) in [5.41, 5.74) is 9.35. The number of nitrogens with one attached hydrogen (secondary N) is 1. The Morgan fingerprint density at radius 1 is 1.14 bits per heavy atom. The van der Waals surface area contributed by atoms with Crippen molar-refractivity contribution in [3.63, 3.8) is 0 Å². The second-order valence-electron chi connectivity index (χ2n) is 4.22. The SMILES string of the molecule is Nc1n[nH]c(-c2cc(Br)sc2Br)c1-c1ccc(Cl)cc1Cl. The summed E-state index contributed by atoms with van der Waals surface area (Å²) in [4.78, 5) is 0. The van der Waals surface area contributed by atoms with Gasteiger partial charge in [0.1, 0.15) is 0 Å². The van der Waals surface area contributed by atoms with Gasteiger partial charge in [0, 0.05) is 16.1 Å². The summed E-state index contributed by atoms with van der Waals surface area (Å²) < 4.78 is 1.98. The Kier molecular flexibility index (Phi) is 4.34. The summed E-state index contributed by atoms with van der Waals surface area (Å²) in [7, 11) is 0. The summed E-state index contributed by atoms with van der Waals surface area (Å²) in [5.74, 6) is 0.392. The van der Waals surface area contributed by atoms with Crippen molar-refractivity contribution >= 4 is 72.2 Å². The van der Waals surface area contributed by atoms with Crippen LogP contribution in [-0.4, -0.2) is 10.2 Å². The molecule has 0 bridgehead atoms. The number of nitrogens with zero attached hydrogens (tertiary/aromatic N) is 1. The first-order chi connectivity index (χ1) is 9.97. The number of halogens is 4. The first-order valence-electron chi connectivity index (χ1n) is 5.72. The molecule has 3 nitrogen and oxygen atoms in total. The number of aromatic nitrogens is 2. The van der Waals surface area contributed by atoms with E-state index in [0.717, 1.165) is 30.0 Å². The molecule has 3 rings (SSSR count). The average Bonchev–Trinajstić information content (AvgIpc) is 2.93. The van der Waals surface area contributed by atoms with Gasteiger partial charge in [-0.15, -0.1) is 11.3 Å². The molecule has 0 aliphatic heterocycles. The monoisotopic (exact) mass is 465 g/mol. The zero-order valence-electron chi connectivity index (χ0n) is 10.3. The van der Waals surface area contributed by atoms with Crippen molar-refractivity contribution in [2.45, 2.75) is 0 Å². The van der Waals surface area contributed by atoms with Crippen LogP contribution in [0, 0.1) is 0 Å². The average molecular weight is 468 g/mol. The van der Waals surface area contributed by atoms with Crippen molar-refractivity contribution < 1.29 is 0 Å². The first-order valence-corrected chi connectivity index (χ1v) is 8.87. The van der Waals surface area contributed by atoms with Gasteiger partial charge in [0.05, 0.1) is 23.9 Å². The Hall–Kier alpha value is -0.530. The molecule has 0 atom stereocenters. The van der Waals surface area contributed by atoms with Gasteiger partial charge in [-0.05, 0) is 50.1 Å². The minimum absolute atomic E-state index is 0.392. The third-order valence-electron chi connectivity index (χ3n) is 2.92. The molecule has 3 aromatic rings. The number of anilines is 1. The van der Waals surface area contributed by atoms with Gasteiger partial charge in [-0.1, -0.05) is 29.3 Å². The van der Waals surface area contributed by atoms with E-state index >= 15 is 0 Å². The van der Waals surface area contributed by atoms with Crippen molar-refractivity contribution in [3.8, 4) is 22.4 Å². The molecule has 0 radical (unpaired) electrons. The molecule has 8 heteroatoms. The van der Waals surface area contributed by atoms with E-state index < -0.39 is 0 Å². The molecule has 0 unspecified atom stereocenters. The van der Waals surface area contributed by atoms with Crippen molar-refractivity contribution in [2.75, 3.05) is 5.73 Å². The summed E-state index contributed by atoms with van der Waals surface area (Å²) in [6, 6.07) is 7.30. The number of hydrogen-bond donors (Lipinski definition) is 2. The van der Waals surface area contributed by atoms with Crippen LogP contribution in [0.2, 0.25) is 10.0 Å². The van der Waals surface area contributed by atoms with Gasteiger partial charge >= 0.3 is 0 Å². The number of rotatable bonds is 2. The topological polar surface area (TPSA) is 54.7 Å². The van der Waals surface area contributed by atoms with Gasteiger partial charge in [-0.25, -0.2) is 0 Å². The Balaban J connectivity index is 2.24. The van der Waals surface area contributed by atoms with Crippen molar-refractivity contribution in [2.24, 2.45) is 0 Å². The predicted molar refractivity (Wildman–Crippen MR) is 97.2 cm³/mol. The highest BCUT2D eigenvalue weighted by Crippen LogP contribution is 2.44. The standard InChI is InChI=1S/C13H7Br2Cl2N3S/c14-9-4-7(12(15)21-9)11-10(13(18)20-19-11)6-2-1-5(16)3-8(6)17/h1-4H,(H3,18,19,20). The molecule has 0 spiro atoms. The zero-order valence-corrected chi connectivity index (χ0v) is 15.8. The number of benzene rings is 1. The molecule has 0 aliphatic rings. The van der Waals surface area contributed by atoms with E-state index in [1.807, 2.05) is 12.1 Å². The lowest BCUT2D eigenvalue weighted by Crippen LogP contribution is -1.89. The molecule has 0 fully saturated rings. The van der Waals surface area contributed by atoms with Crippen LogP contribution in [0.3, 0.4) is 0 Å². The van der Waals surface area contributed by atoms with Crippen LogP contribution in [0.4, 0.5) is 5.82 Å². The van der Waals surface area contributed by atoms with E-state index in [4.69, 9.17) is 28.9 Å². The van der Waals surface area contributed by atoms with Crippen LogP contribution in [0.15, 0.2) is 31.8 Å². The maximum absolute atomic E-state index is 6.30. The molecule has 1 aromatic carbocycles. The van der Waals surface area contributed by atoms with Crippen LogP contribution >= 0.6 is 66.4 Å². The maximum atomic E-state index is 6.30. The molecular formula is C13H7Br2Cl2N3S. The van der Waals surface area contributed by atoms with E-state index in [9.17, 15) is 0 Å². The summed E-state index contributed by atoms with van der Waals surface area (Å²) in [6.45, 7) is 0. The van der Waals surface area contributed by atoms with E-state index in [1.54, 1.807) is 23.5 Å². The van der Waals surface area contributed by atoms with Gasteiger partial charge in [0.2, 0.25) is 0 Å². The molecule has 21 heavy (non-hydrogen) atoms. The molecule has 0 saturated carbocycles. The van der Waals surface area contributed by atoms with E-state index in [2.05, 4.69) is 42.1 Å². The Labute approximate surface area is 151 Å². The predicted octanol–water partition coefficient (Wildman–Crippen LogP) is 6.22. The fourth-order valence-electron chi connectivity index (χ4n) is 2.03. The smallest absolute Gasteiger partial charge is 0.153 e. The third-order valence-corrected chi connectivity index (χ3v) is 5.81. The van der Waals surface area contributed by atoms with Gasteiger partial charge in [0.15, 0.2) is 5.82 Å². The highest BCUT2D eigenvalue weighted by Gasteiger charge is 2.20. The largest absolute Gasteiger partial charge is 0.382 e. The lowest BCUT2D eigenvalue weighted by atomic mass is 10.0. The fourth-order valence-corrected chi connectivity index (χ4v) is 5.35. The minimum atomic E-state index is 0.392. The maximum Gasteiger partial charge on any atom is 0.153 e. The van der Waals surface area contributed by atoms with Gasteiger partial charge in [-0.3, -0.25) is 5.10 Å². The molecule has 2 aromatic heterocycles. The van der Waals surface area contributed by atoms with Crippen LogP contribution < -0.4 is 5.73 Å². The highest BCUT2D eigenvalue weighted by molar-refractivity contribution is 9.12. The van der Waals surface area contributed by atoms with Crippen molar-refractivity contribution in [3.05, 3.63) is 41.9 Å². The molecule has 0 amide bonds. The second kappa shape index (κ2) is 5.93. The van der Waals surface area contributed by atoms with Crippen molar-refractivity contribution in [1.82, 2.24) is 10.2 Å². The molecular weight excluding hydrogens is 461 g/mol. The Morgan fingerprint density at radius 2 is 1.90 bits per heavy atom. The van der Waals surface area contributed by atoms with Crippen LogP contribution in [-0.2, 0) is 0 Å². The quantitative estimate of drug-likeness (QED) is 0.470. The second-order valence-corrected chi connectivity index (χ2v) is 8.81. The fraction of sp³-hybridized carbons (Fsp3) is 0. The Morgan fingerprint density at radius 3 is 2.52 bits per heavy atom. The van der Waals surface area contributed by atoms with Gasteiger partial charge < -0.3 is 5.73 Å². The number of nitrogen functional groups attached to an aromatic ring is 1. The molecule has 108 valence electrons. The molecule has 2 heterocycles. The summed E-state index contributed by atoms with van der Waals surface area (Å²) in [5, 5.41) is 8.19. The van der Waals surface area contributed by atoms with Gasteiger partial charge in [0.25, 0.3) is 0 Å². The number of H-pyrrole nitrogens is 1. The van der Waals surface area contributed by atoms with E-state index in [-0.39, 0.29) is 0 Å². The van der Waals surface area contributed by atoms with Crippen LogP contribution in [0.5, 0.6) is 0 Å². The highest BCUT2D eigenvalue weighted by atomic mass is 79.9. The lowest BCUT2D eigenvalue weighted by Gasteiger charge is -2.06. The summed E-state index contributed by atoms with van der Waals surface area (Å²) in [6.07, 6.45) is 0. The normalized spacial score (nSPS) is 11.0. The van der Waals surface area contributed by atoms with Crippen LogP contribution in [0.25, 0.3) is 22.4 Å². The molecule has 0 aliphatic carbocycles. The first kappa shape index (κ1) is 15.4. The van der Waals surface area contributed by atoms with E-state index in [1.165, 1.54) is 0 Å². The van der Waals surface area contributed by atoms with Crippen molar-refractivity contribution in [1.29, 1.82) is 0 Å². The number of nitrogens with two attached hydrogens (primary N) is 1. The third kappa shape index (κ3) is 2.87. The number of hydrogen-bond acceptors (Lipinski definition) is 3. The van der Waals surface area contributed by atoms with Gasteiger partial charge in [-0.2, -0.15) is 5.10 Å². The summed E-state index contributed by atoms with van der Waals surface area (Å²) >= 11 is 20.8. The Bertz CT molecular complexity index is 829. The number of aromatic amines is 1. The van der Waals surface area contributed by atoms with Crippen LogP contribution in [0.1, 0.15) is 0 Å². The lowest BCUT2D eigenvalue weighted by molar-refractivity contribution is 1.10.